The van der Waals surface area contributed by atoms with E-state index in [-0.39, 0.29) is 0 Å². The summed E-state index contributed by atoms with van der Waals surface area (Å²) in [6.07, 6.45) is 5.42. The second-order valence-corrected chi connectivity index (χ2v) is 5.85. The summed E-state index contributed by atoms with van der Waals surface area (Å²) in [6, 6.07) is 16.8. The molecular formula is C19H24N2O. The first-order valence-electron chi connectivity index (χ1n) is 8.11. The van der Waals surface area contributed by atoms with Crippen molar-refractivity contribution in [1.82, 2.24) is 0 Å². The molecule has 0 saturated heterocycles. The van der Waals surface area contributed by atoms with Gasteiger partial charge in [-0.05, 0) is 67.6 Å². The van der Waals surface area contributed by atoms with Gasteiger partial charge in [0.25, 0.3) is 0 Å². The van der Waals surface area contributed by atoms with Gasteiger partial charge in [0.2, 0.25) is 0 Å². The number of rotatable bonds is 6. The van der Waals surface area contributed by atoms with Crippen LogP contribution in [0.5, 0.6) is 5.75 Å². The van der Waals surface area contributed by atoms with E-state index < -0.39 is 0 Å². The molecule has 0 amide bonds. The Morgan fingerprint density at radius 1 is 0.909 bits per heavy atom. The topological polar surface area (TPSA) is 33.3 Å². The molecule has 2 aromatic carbocycles. The lowest BCUT2D eigenvalue weighted by Crippen LogP contribution is -2.10. The van der Waals surface area contributed by atoms with Gasteiger partial charge in [0.1, 0.15) is 5.75 Å². The summed E-state index contributed by atoms with van der Waals surface area (Å²) in [4.78, 5) is 0. The molecule has 0 aliphatic heterocycles. The van der Waals surface area contributed by atoms with Crippen molar-refractivity contribution in [3.8, 4) is 5.75 Å². The van der Waals surface area contributed by atoms with E-state index >= 15 is 0 Å². The minimum absolute atomic E-state index is 0.421. The molecule has 116 valence electrons. The second-order valence-electron chi connectivity index (χ2n) is 5.85. The first-order valence-corrected chi connectivity index (χ1v) is 8.11. The molecule has 0 bridgehead atoms. The maximum Gasteiger partial charge on any atom is 0.119 e. The number of anilines is 2. The van der Waals surface area contributed by atoms with E-state index in [4.69, 9.17) is 4.74 Å². The maximum atomic E-state index is 5.98. The molecule has 1 saturated carbocycles. The first-order chi connectivity index (χ1) is 10.8. The van der Waals surface area contributed by atoms with E-state index in [1.54, 1.807) is 0 Å². The van der Waals surface area contributed by atoms with E-state index in [1.807, 2.05) is 7.05 Å². The number of ether oxygens (including phenoxy) is 1. The first kappa shape index (κ1) is 14.8. The summed E-state index contributed by atoms with van der Waals surface area (Å²) in [5.41, 5.74) is 3.53. The van der Waals surface area contributed by atoms with Gasteiger partial charge in [-0.25, -0.2) is 0 Å². The van der Waals surface area contributed by atoms with Crippen LogP contribution in [0.4, 0.5) is 11.4 Å². The van der Waals surface area contributed by atoms with Gasteiger partial charge in [0, 0.05) is 25.0 Å². The zero-order chi connectivity index (χ0) is 15.2. The Labute approximate surface area is 132 Å². The number of nitrogens with one attached hydrogen (secondary N) is 2. The zero-order valence-corrected chi connectivity index (χ0v) is 13.1. The smallest absolute Gasteiger partial charge is 0.119 e. The van der Waals surface area contributed by atoms with Gasteiger partial charge in [0.05, 0.1) is 6.10 Å². The van der Waals surface area contributed by atoms with Crippen molar-refractivity contribution >= 4 is 11.4 Å². The Balaban J connectivity index is 1.51. The van der Waals surface area contributed by atoms with E-state index in [9.17, 15) is 0 Å². The molecule has 2 aromatic rings. The largest absolute Gasteiger partial charge is 0.490 e. The number of benzene rings is 2. The Kier molecular flexibility index (Phi) is 4.84. The lowest BCUT2D eigenvalue weighted by atomic mass is 10.2. The molecule has 0 heterocycles. The van der Waals surface area contributed by atoms with Gasteiger partial charge in [0.15, 0.2) is 0 Å². The Bertz CT molecular complexity index is 571. The van der Waals surface area contributed by atoms with Gasteiger partial charge in [-0.2, -0.15) is 0 Å². The molecule has 3 rings (SSSR count). The lowest BCUT2D eigenvalue weighted by molar-refractivity contribution is 0.210. The fraction of sp³-hybridized carbons (Fsp3) is 0.368. The highest BCUT2D eigenvalue weighted by Crippen LogP contribution is 2.25. The highest BCUT2D eigenvalue weighted by atomic mass is 16.5. The average molecular weight is 296 g/mol. The van der Waals surface area contributed by atoms with Crippen LogP contribution in [0.15, 0.2) is 48.5 Å². The van der Waals surface area contributed by atoms with Crippen molar-refractivity contribution in [2.24, 2.45) is 0 Å². The van der Waals surface area contributed by atoms with Gasteiger partial charge >= 0.3 is 0 Å². The molecule has 22 heavy (non-hydrogen) atoms. The van der Waals surface area contributed by atoms with E-state index in [2.05, 4.69) is 59.2 Å². The highest BCUT2D eigenvalue weighted by molar-refractivity contribution is 5.48. The Morgan fingerprint density at radius 2 is 1.55 bits per heavy atom. The van der Waals surface area contributed by atoms with Gasteiger partial charge in [-0.1, -0.05) is 12.1 Å². The summed E-state index contributed by atoms with van der Waals surface area (Å²) < 4.78 is 5.98. The molecule has 3 heteroatoms. The van der Waals surface area contributed by atoms with Crippen LogP contribution in [0, 0.1) is 0 Å². The number of hydrogen-bond donors (Lipinski definition) is 2. The van der Waals surface area contributed by atoms with Crippen LogP contribution in [0.3, 0.4) is 0 Å². The highest BCUT2D eigenvalue weighted by Gasteiger charge is 2.16. The second kappa shape index (κ2) is 7.21. The third-order valence-corrected chi connectivity index (χ3v) is 4.20. The fourth-order valence-corrected chi connectivity index (χ4v) is 2.84. The summed E-state index contributed by atoms with van der Waals surface area (Å²) >= 11 is 0. The van der Waals surface area contributed by atoms with Gasteiger partial charge in [-0.15, -0.1) is 0 Å². The lowest BCUT2D eigenvalue weighted by Gasteiger charge is -2.13. The van der Waals surface area contributed by atoms with Crippen molar-refractivity contribution in [3.63, 3.8) is 0 Å². The molecule has 0 aromatic heterocycles. The monoisotopic (exact) mass is 296 g/mol. The predicted octanol–water partition coefficient (Wildman–Crippen LogP) is 4.66. The van der Waals surface area contributed by atoms with E-state index in [0.29, 0.717) is 6.10 Å². The molecule has 0 spiro atoms. The van der Waals surface area contributed by atoms with Crippen molar-refractivity contribution in [1.29, 1.82) is 0 Å². The van der Waals surface area contributed by atoms with Crippen molar-refractivity contribution in [2.45, 2.75) is 38.3 Å². The molecule has 2 N–H and O–H groups in total. The van der Waals surface area contributed by atoms with Crippen LogP contribution in [0.2, 0.25) is 0 Å². The predicted molar refractivity (Wildman–Crippen MR) is 92.6 cm³/mol. The standard InChI is InChI=1S/C19H24N2O/c1-20-16-8-6-15(7-9-16)14-21-17-10-12-19(13-11-17)22-18-4-2-3-5-18/h6-13,18,20-21H,2-5,14H2,1H3. The fourth-order valence-electron chi connectivity index (χ4n) is 2.84. The minimum Gasteiger partial charge on any atom is -0.490 e. The Hall–Kier alpha value is -2.16. The van der Waals surface area contributed by atoms with Crippen LogP contribution in [-0.4, -0.2) is 13.2 Å². The minimum atomic E-state index is 0.421. The molecule has 1 fully saturated rings. The van der Waals surface area contributed by atoms with Gasteiger partial charge in [-0.3, -0.25) is 0 Å². The van der Waals surface area contributed by atoms with Crippen LogP contribution in [0.1, 0.15) is 31.2 Å². The summed E-state index contributed by atoms with van der Waals surface area (Å²) in [6.45, 7) is 0.826. The quantitative estimate of drug-likeness (QED) is 0.813. The third kappa shape index (κ3) is 3.94. The Morgan fingerprint density at radius 3 is 2.18 bits per heavy atom. The molecule has 3 nitrogen and oxygen atoms in total. The van der Waals surface area contributed by atoms with E-state index in [0.717, 1.165) is 23.7 Å². The molecule has 0 atom stereocenters. The summed E-state index contributed by atoms with van der Waals surface area (Å²) in [7, 11) is 1.93. The van der Waals surface area contributed by atoms with Gasteiger partial charge < -0.3 is 15.4 Å². The van der Waals surface area contributed by atoms with Crippen LogP contribution in [-0.2, 0) is 6.54 Å². The van der Waals surface area contributed by atoms with Crippen molar-refractivity contribution in [2.75, 3.05) is 17.7 Å². The summed E-state index contributed by atoms with van der Waals surface area (Å²) in [5, 5.41) is 6.57. The molecule has 1 aliphatic carbocycles. The molecule has 1 aliphatic rings. The number of hydrogen-bond acceptors (Lipinski definition) is 3. The zero-order valence-electron chi connectivity index (χ0n) is 13.1. The molecule has 0 unspecified atom stereocenters. The van der Waals surface area contributed by atoms with Crippen LogP contribution < -0.4 is 15.4 Å². The van der Waals surface area contributed by atoms with Crippen LogP contribution in [0.25, 0.3) is 0 Å². The molecular weight excluding hydrogens is 272 g/mol. The van der Waals surface area contributed by atoms with Crippen LogP contribution >= 0.6 is 0 Å². The third-order valence-electron chi connectivity index (χ3n) is 4.20. The van der Waals surface area contributed by atoms with Crippen molar-refractivity contribution < 1.29 is 4.74 Å². The maximum absolute atomic E-state index is 5.98. The van der Waals surface area contributed by atoms with E-state index in [1.165, 1.54) is 31.2 Å². The van der Waals surface area contributed by atoms with Crippen molar-refractivity contribution in [3.05, 3.63) is 54.1 Å². The summed E-state index contributed by atoms with van der Waals surface area (Å²) in [5.74, 6) is 0.982. The normalized spacial score (nSPS) is 14.8. The molecule has 0 radical (unpaired) electrons. The SMILES string of the molecule is CNc1ccc(CNc2ccc(OC3CCCC3)cc2)cc1. The average Bonchev–Trinajstić information content (AvgIpc) is 3.08.